The number of para-hydroxylation sites is 1. The number of ether oxygens (including phenoxy) is 1. The fraction of sp³-hybridized carbons (Fsp3) is 0.333. The number of nitroso groups, excluding NO2 is 1. The first kappa shape index (κ1) is 22.9. The molecule has 3 aromatic rings. The number of benzene rings is 2. The highest BCUT2D eigenvalue weighted by Crippen LogP contribution is 2.33. The normalized spacial score (nSPS) is 12.6. The van der Waals surface area contributed by atoms with Crippen LogP contribution in [0, 0.1) is 11.8 Å². The minimum absolute atomic E-state index is 0.156. The summed E-state index contributed by atoms with van der Waals surface area (Å²) in [5.41, 5.74) is 5.25. The van der Waals surface area contributed by atoms with Crippen molar-refractivity contribution in [1.29, 1.82) is 0 Å². The van der Waals surface area contributed by atoms with E-state index in [0.717, 1.165) is 22.6 Å². The van der Waals surface area contributed by atoms with E-state index < -0.39 is 9.84 Å². The third kappa shape index (κ3) is 5.48. The Labute approximate surface area is 183 Å². The van der Waals surface area contributed by atoms with Crippen LogP contribution in [0.4, 0.5) is 0 Å². The zero-order chi connectivity index (χ0) is 22.4. The van der Waals surface area contributed by atoms with Gasteiger partial charge in [-0.25, -0.2) is 8.42 Å². The number of sulfone groups is 1. The zero-order valence-electron chi connectivity index (χ0n) is 18.1. The fourth-order valence-corrected chi connectivity index (χ4v) is 4.33. The van der Waals surface area contributed by atoms with Gasteiger partial charge in [0.05, 0.1) is 23.7 Å². The van der Waals surface area contributed by atoms with Gasteiger partial charge in [0.2, 0.25) is 0 Å². The number of rotatable bonds is 10. The zero-order valence-corrected chi connectivity index (χ0v) is 18.9. The van der Waals surface area contributed by atoms with Crippen LogP contribution in [0.5, 0.6) is 0 Å². The lowest BCUT2D eigenvalue weighted by Gasteiger charge is -2.14. The van der Waals surface area contributed by atoms with E-state index in [4.69, 9.17) is 4.74 Å². The average molecular weight is 441 g/mol. The van der Waals surface area contributed by atoms with Gasteiger partial charge in [0.15, 0.2) is 9.84 Å². The third-order valence-electron chi connectivity index (χ3n) is 5.32. The first-order valence-electron chi connectivity index (χ1n) is 10.3. The van der Waals surface area contributed by atoms with Gasteiger partial charge in [-0.2, -0.15) is 4.91 Å². The average Bonchev–Trinajstić information content (AvgIpc) is 3.10. The molecule has 0 N–H and O–H groups in total. The lowest BCUT2D eigenvalue weighted by atomic mass is 10.0. The lowest BCUT2D eigenvalue weighted by molar-refractivity contribution is 0.122. The van der Waals surface area contributed by atoms with Crippen molar-refractivity contribution in [2.24, 2.45) is 5.18 Å². The maximum Gasteiger partial charge on any atom is 0.175 e. The molecule has 1 atom stereocenters. The highest BCUT2D eigenvalue weighted by molar-refractivity contribution is 7.90. The Morgan fingerprint density at radius 3 is 2.35 bits per heavy atom. The molecule has 0 saturated carbocycles. The smallest absolute Gasteiger partial charge is 0.175 e. The summed E-state index contributed by atoms with van der Waals surface area (Å²) >= 11 is 0. The lowest BCUT2D eigenvalue weighted by Crippen LogP contribution is -2.07. The molecule has 164 valence electrons. The van der Waals surface area contributed by atoms with Gasteiger partial charge >= 0.3 is 0 Å². The summed E-state index contributed by atoms with van der Waals surface area (Å²) in [7, 11) is -3.25. The Bertz CT molecular complexity index is 1120. The molecule has 31 heavy (non-hydrogen) atoms. The second kappa shape index (κ2) is 10.0. The van der Waals surface area contributed by atoms with Gasteiger partial charge < -0.3 is 9.30 Å². The van der Waals surface area contributed by atoms with Crippen molar-refractivity contribution in [1.82, 2.24) is 4.57 Å². The summed E-state index contributed by atoms with van der Waals surface area (Å²) in [5.74, 6) is 0.156. The number of hydrogen-bond donors (Lipinski definition) is 0. The largest absolute Gasteiger partial charge is 0.381 e. The van der Waals surface area contributed by atoms with E-state index in [2.05, 4.69) is 41.8 Å². The van der Waals surface area contributed by atoms with E-state index in [1.54, 1.807) is 12.1 Å². The minimum atomic E-state index is -3.25. The molecule has 0 saturated heterocycles. The molecule has 1 aromatic heterocycles. The molecule has 0 bridgehead atoms. The summed E-state index contributed by atoms with van der Waals surface area (Å²) in [4.78, 5) is 10.5. The maximum absolute atomic E-state index is 11.8. The van der Waals surface area contributed by atoms with Crippen molar-refractivity contribution < 1.29 is 13.2 Å². The van der Waals surface area contributed by atoms with Crippen molar-refractivity contribution in [3.63, 3.8) is 0 Å². The molecule has 0 aliphatic carbocycles. The molecule has 7 heteroatoms. The molecular weight excluding hydrogens is 412 g/mol. The summed E-state index contributed by atoms with van der Waals surface area (Å²) in [5, 5.41) is 2.86. The van der Waals surface area contributed by atoms with E-state index >= 15 is 0 Å². The quantitative estimate of drug-likeness (QED) is 0.323. The van der Waals surface area contributed by atoms with Crippen LogP contribution in [0.15, 0.2) is 70.7 Å². The van der Waals surface area contributed by atoms with Gasteiger partial charge in [-0.15, -0.1) is 0 Å². The third-order valence-corrected chi connectivity index (χ3v) is 6.44. The van der Waals surface area contributed by atoms with E-state index in [9.17, 15) is 13.3 Å². The van der Waals surface area contributed by atoms with E-state index in [0.29, 0.717) is 24.5 Å². The standard InChI is InChI=1S/C24H28N2O4S/c1-18(17-30-15-7-14-25-27)23-16-24(20-10-12-22(13-11-20)31(3,28)29)26(19(23)2)21-8-5-4-6-9-21/h4-6,8-13,16,18H,7,14-15,17H2,1-3H3. The molecule has 0 fully saturated rings. The van der Waals surface area contributed by atoms with Crippen molar-refractivity contribution in [3.8, 4) is 16.9 Å². The monoisotopic (exact) mass is 440 g/mol. The Balaban J connectivity index is 1.98. The van der Waals surface area contributed by atoms with E-state index in [1.807, 2.05) is 30.3 Å². The van der Waals surface area contributed by atoms with Crippen LogP contribution >= 0.6 is 0 Å². The first-order chi connectivity index (χ1) is 14.8. The first-order valence-corrected chi connectivity index (χ1v) is 12.2. The predicted octanol–water partition coefficient (Wildman–Crippen LogP) is 5.13. The van der Waals surface area contributed by atoms with Crippen LogP contribution in [-0.4, -0.2) is 39.0 Å². The van der Waals surface area contributed by atoms with Crippen LogP contribution in [0.3, 0.4) is 0 Å². The molecule has 0 aliphatic heterocycles. The van der Waals surface area contributed by atoms with Crippen LogP contribution < -0.4 is 0 Å². The number of nitrogens with zero attached hydrogens (tertiary/aromatic N) is 2. The van der Waals surface area contributed by atoms with E-state index in [-0.39, 0.29) is 12.5 Å². The van der Waals surface area contributed by atoms with Crippen LogP contribution in [0.2, 0.25) is 0 Å². The van der Waals surface area contributed by atoms with Crippen LogP contribution in [-0.2, 0) is 14.6 Å². The molecule has 3 rings (SSSR count). The number of aromatic nitrogens is 1. The molecule has 1 heterocycles. The van der Waals surface area contributed by atoms with Crippen molar-refractivity contribution in [2.75, 3.05) is 26.0 Å². The van der Waals surface area contributed by atoms with Crippen molar-refractivity contribution in [2.45, 2.75) is 31.1 Å². The SMILES string of the molecule is Cc1c(C(C)COCCCN=O)cc(-c2ccc(S(C)(=O)=O)cc2)n1-c1ccccc1. The summed E-state index contributed by atoms with van der Waals surface area (Å²) in [6.45, 7) is 5.53. The second-order valence-corrected chi connectivity index (χ2v) is 9.74. The summed E-state index contributed by atoms with van der Waals surface area (Å²) in [6, 6.07) is 19.2. The van der Waals surface area contributed by atoms with Crippen molar-refractivity contribution in [3.05, 3.63) is 76.8 Å². The fourth-order valence-electron chi connectivity index (χ4n) is 3.70. The number of hydrogen-bond acceptors (Lipinski definition) is 5. The van der Waals surface area contributed by atoms with Gasteiger partial charge in [0, 0.05) is 30.2 Å². The molecule has 0 radical (unpaired) electrons. The minimum Gasteiger partial charge on any atom is -0.381 e. The Kier molecular flexibility index (Phi) is 7.41. The maximum atomic E-state index is 11.8. The Morgan fingerprint density at radius 2 is 1.74 bits per heavy atom. The highest BCUT2D eigenvalue weighted by Gasteiger charge is 2.19. The Hall–Kier alpha value is -2.77. The van der Waals surface area contributed by atoms with Gasteiger partial charge in [0.1, 0.15) is 0 Å². The van der Waals surface area contributed by atoms with Crippen LogP contribution in [0.1, 0.15) is 30.5 Å². The van der Waals surface area contributed by atoms with Gasteiger partial charge in [-0.3, -0.25) is 0 Å². The molecule has 6 nitrogen and oxygen atoms in total. The topological polar surface area (TPSA) is 77.7 Å². The molecular formula is C24H28N2O4S. The highest BCUT2D eigenvalue weighted by atomic mass is 32.2. The van der Waals surface area contributed by atoms with Gasteiger partial charge in [0.25, 0.3) is 0 Å². The molecule has 0 aliphatic rings. The molecule has 2 aromatic carbocycles. The van der Waals surface area contributed by atoms with Gasteiger partial charge in [-0.05, 0) is 54.8 Å². The summed E-state index contributed by atoms with van der Waals surface area (Å²) < 4.78 is 31.6. The molecule has 1 unspecified atom stereocenters. The Morgan fingerprint density at radius 1 is 1.06 bits per heavy atom. The van der Waals surface area contributed by atoms with Gasteiger partial charge in [-0.1, -0.05) is 42.4 Å². The predicted molar refractivity (Wildman–Crippen MR) is 124 cm³/mol. The van der Waals surface area contributed by atoms with Crippen LogP contribution in [0.25, 0.3) is 16.9 Å². The van der Waals surface area contributed by atoms with Crippen molar-refractivity contribution >= 4 is 9.84 Å². The second-order valence-electron chi connectivity index (χ2n) is 7.72. The summed E-state index contributed by atoms with van der Waals surface area (Å²) in [6.07, 6.45) is 1.84. The van der Waals surface area contributed by atoms with E-state index in [1.165, 1.54) is 11.8 Å². The molecule has 0 spiro atoms. The molecule has 0 amide bonds.